The summed E-state index contributed by atoms with van der Waals surface area (Å²) < 4.78 is 0. The molecule has 2 heteroatoms. The second-order valence-corrected chi connectivity index (χ2v) is 3.96. The summed E-state index contributed by atoms with van der Waals surface area (Å²) in [6.45, 7) is 7.15. The number of aliphatic hydroxyl groups excluding tert-OH is 1. The molecule has 0 radical (unpaired) electrons. The molecule has 1 rings (SSSR count). The van der Waals surface area contributed by atoms with E-state index in [1.807, 2.05) is 0 Å². The van der Waals surface area contributed by atoms with E-state index in [-0.39, 0.29) is 0 Å². The Labute approximate surface area is 75.6 Å². The molecule has 2 nitrogen and oxygen atoms in total. The van der Waals surface area contributed by atoms with Crippen molar-refractivity contribution in [2.24, 2.45) is 5.92 Å². The minimum absolute atomic E-state index is 0.324. The fraction of sp³-hybridized carbons (Fsp3) is 1.00. The molecule has 1 fully saturated rings. The minimum Gasteiger partial charge on any atom is -0.395 e. The maximum atomic E-state index is 9.10. The van der Waals surface area contributed by atoms with Gasteiger partial charge in [0.2, 0.25) is 0 Å². The van der Waals surface area contributed by atoms with Crippen molar-refractivity contribution >= 4 is 0 Å². The summed E-state index contributed by atoms with van der Waals surface area (Å²) in [6, 6.07) is 0.414. The molecule has 1 unspecified atom stereocenters. The number of hydrogen-bond acceptors (Lipinski definition) is 2. The van der Waals surface area contributed by atoms with Crippen molar-refractivity contribution in [1.82, 2.24) is 4.90 Å². The van der Waals surface area contributed by atoms with Crippen LogP contribution in [0.25, 0.3) is 0 Å². The summed E-state index contributed by atoms with van der Waals surface area (Å²) in [5.41, 5.74) is 0. The summed E-state index contributed by atoms with van der Waals surface area (Å²) in [4.78, 5) is 2.43. The van der Waals surface area contributed by atoms with Gasteiger partial charge < -0.3 is 5.11 Å². The molecule has 0 spiro atoms. The van der Waals surface area contributed by atoms with Crippen LogP contribution >= 0.6 is 0 Å². The summed E-state index contributed by atoms with van der Waals surface area (Å²) in [7, 11) is 0. The summed E-state index contributed by atoms with van der Waals surface area (Å²) in [5.74, 6) is 0.887. The highest BCUT2D eigenvalue weighted by molar-refractivity contribution is 4.75. The van der Waals surface area contributed by atoms with E-state index in [1.165, 1.54) is 25.9 Å². The second kappa shape index (κ2) is 4.83. The van der Waals surface area contributed by atoms with Gasteiger partial charge in [-0.2, -0.15) is 0 Å². The van der Waals surface area contributed by atoms with Gasteiger partial charge >= 0.3 is 0 Å². The van der Waals surface area contributed by atoms with Gasteiger partial charge in [0, 0.05) is 6.04 Å². The van der Waals surface area contributed by atoms with E-state index in [2.05, 4.69) is 18.7 Å². The molecule has 0 amide bonds. The van der Waals surface area contributed by atoms with E-state index < -0.39 is 0 Å². The van der Waals surface area contributed by atoms with Gasteiger partial charge in [0.25, 0.3) is 0 Å². The van der Waals surface area contributed by atoms with Gasteiger partial charge in [-0.25, -0.2) is 0 Å². The van der Waals surface area contributed by atoms with Gasteiger partial charge in [-0.3, -0.25) is 4.90 Å². The zero-order valence-electron chi connectivity index (χ0n) is 8.29. The van der Waals surface area contributed by atoms with Gasteiger partial charge in [0.1, 0.15) is 0 Å². The molecular weight excluding hydrogens is 150 g/mol. The summed E-state index contributed by atoms with van der Waals surface area (Å²) >= 11 is 0. The third-order valence-electron chi connectivity index (χ3n) is 3.02. The van der Waals surface area contributed by atoms with Gasteiger partial charge in [0.15, 0.2) is 0 Å². The van der Waals surface area contributed by atoms with Crippen molar-refractivity contribution < 1.29 is 5.11 Å². The van der Waals surface area contributed by atoms with Crippen molar-refractivity contribution in [3.63, 3.8) is 0 Å². The molecule has 0 saturated carbocycles. The van der Waals surface area contributed by atoms with Crippen molar-refractivity contribution in [3.05, 3.63) is 0 Å². The third-order valence-corrected chi connectivity index (χ3v) is 3.02. The highest BCUT2D eigenvalue weighted by Gasteiger charge is 2.20. The lowest BCUT2D eigenvalue weighted by molar-refractivity contribution is 0.0874. The average Bonchev–Trinajstić information content (AvgIpc) is 2.10. The number of hydrogen-bond donors (Lipinski definition) is 1. The maximum Gasteiger partial charge on any atom is 0.0586 e. The lowest BCUT2D eigenvalue weighted by Crippen LogP contribution is -2.42. The Kier molecular flexibility index (Phi) is 4.02. The molecule has 1 N–H and O–H groups in total. The Morgan fingerprint density at radius 3 is 2.42 bits per heavy atom. The Bertz CT molecular complexity index is 115. The predicted octanol–water partition coefficient (Wildman–Crippen LogP) is 1.49. The van der Waals surface area contributed by atoms with E-state index in [0.717, 1.165) is 12.3 Å². The zero-order valence-corrected chi connectivity index (χ0v) is 8.29. The van der Waals surface area contributed by atoms with Crippen molar-refractivity contribution in [1.29, 1.82) is 0 Å². The van der Waals surface area contributed by atoms with Crippen LogP contribution in [0.1, 0.15) is 33.1 Å². The standard InChI is InChI=1S/C10H21NO/c1-3-10(8-12)11-6-4-9(2)5-7-11/h9-10,12H,3-8H2,1-2H3. The van der Waals surface area contributed by atoms with E-state index in [9.17, 15) is 0 Å². The Morgan fingerprint density at radius 2 is 2.00 bits per heavy atom. The molecule has 1 atom stereocenters. The SMILES string of the molecule is CCC(CO)N1CCC(C)CC1. The summed E-state index contributed by atoms with van der Waals surface area (Å²) in [5, 5.41) is 9.10. The van der Waals surface area contributed by atoms with Crippen LogP contribution in [-0.4, -0.2) is 35.7 Å². The van der Waals surface area contributed by atoms with Crippen LogP contribution in [0.15, 0.2) is 0 Å². The van der Waals surface area contributed by atoms with Crippen LogP contribution in [0.4, 0.5) is 0 Å². The number of aliphatic hydroxyl groups is 1. The molecule has 1 saturated heterocycles. The molecule has 0 aromatic heterocycles. The predicted molar refractivity (Wildman–Crippen MR) is 51.1 cm³/mol. The van der Waals surface area contributed by atoms with Crippen LogP contribution < -0.4 is 0 Å². The third kappa shape index (κ3) is 2.46. The molecular formula is C10H21NO. The first-order valence-electron chi connectivity index (χ1n) is 5.12. The van der Waals surface area contributed by atoms with Crippen LogP contribution in [0.5, 0.6) is 0 Å². The van der Waals surface area contributed by atoms with Crippen molar-refractivity contribution in [2.75, 3.05) is 19.7 Å². The monoisotopic (exact) mass is 171 g/mol. The molecule has 1 aliphatic rings. The topological polar surface area (TPSA) is 23.5 Å². The molecule has 1 heterocycles. The average molecular weight is 171 g/mol. The Hall–Kier alpha value is -0.0800. The first kappa shape index (κ1) is 10.0. The van der Waals surface area contributed by atoms with Crippen molar-refractivity contribution in [3.8, 4) is 0 Å². The molecule has 12 heavy (non-hydrogen) atoms. The van der Waals surface area contributed by atoms with E-state index in [0.29, 0.717) is 12.6 Å². The van der Waals surface area contributed by atoms with Gasteiger partial charge in [0.05, 0.1) is 6.61 Å². The molecule has 0 aliphatic carbocycles. The zero-order chi connectivity index (χ0) is 8.97. The molecule has 0 aromatic rings. The molecule has 0 aromatic carbocycles. The fourth-order valence-corrected chi connectivity index (χ4v) is 1.90. The fourth-order valence-electron chi connectivity index (χ4n) is 1.90. The van der Waals surface area contributed by atoms with Gasteiger partial charge in [-0.1, -0.05) is 13.8 Å². The smallest absolute Gasteiger partial charge is 0.0586 e. The molecule has 72 valence electrons. The Balaban J connectivity index is 2.32. The van der Waals surface area contributed by atoms with Crippen LogP contribution in [0, 0.1) is 5.92 Å². The minimum atomic E-state index is 0.324. The van der Waals surface area contributed by atoms with Gasteiger partial charge in [-0.15, -0.1) is 0 Å². The normalized spacial score (nSPS) is 24.2. The first-order valence-corrected chi connectivity index (χ1v) is 5.12. The van der Waals surface area contributed by atoms with Crippen molar-refractivity contribution in [2.45, 2.75) is 39.2 Å². The van der Waals surface area contributed by atoms with E-state index in [4.69, 9.17) is 5.11 Å². The lowest BCUT2D eigenvalue weighted by Gasteiger charge is -2.35. The first-order chi connectivity index (χ1) is 5.77. The Morgan fingerprint density at radius 1 is 1.42 bits per heavy atom. The second-order valence-electron chi connectivity index (χ2n) is 3.96. The van der Waals surface area contributed by atoms with E-state index in [1.54, 1.807) is 0 Å². The number of nitrogens with zero attached hydrogens (tertiary/aromatic N) is 1. The van der Waals surface area contributed by atoms with Crippen LogP contribution in [0.3, 0.4) is 0 Å². The van der Waals surface area contributed by atoms with Gasteiger partial charge in [-0.05, 0) is 38.3 Å². The van der Waals surface area contributed by atoms with Crippen LogP contribution in [0.2, 0.25) is 0 Å². The molecule has 1 aliphatic heterocycles. The number of rotatable bonds is 3. The maximum absolute atomic E-state index is 9.10. The number of likely N-dealkylation sites (tertiary alicyclic amines) is 1. The number of piperidine rings is 1. The summed E-state index contributed by atoms with van der Waals surface area (Å²) in [6.07, 6.45) is 3.68. The highest BCUT2D eigenvalue weighted by atomic mass is 16.3. The lowest BCUT2D eigenvalue weighted by atomic mass is 9.97. The highest BCUT2D eigenvalue weighted by Crippen LogP contribution is 2.18. The van der Waals surface area contributed by atoms with E-state index >= 15 is 0 Å². The quantitative estimate of drug-likeness (QED) is 0.695. The van der Waals surface area contributed by atoms with Crippen LogP contribution in [-0.2, 0) is 0 Å². The molecule has 0 bridgehead atoms. The largest absolute Gasteiger partial charge is 0.395 e.